The third kappa shape index (κ3) is 6.16. The molecule has 0 fully saturated rings. The molecule has 4 aromatic carbocycles. The van der Waals surface area contributed by atoms with Crippen molar-refractivity contribution >= 4 is 35.1 Å². The van der Waals surface area contributed by atoms with E-state index in [4.69, 9.17) is 0 Å². The predicted octanol–water partition coefficient (Wildman–Crippen LogP) is 8.87. The van der Waals surface area contributed by atoms with E-state index in [1.165, 1.54) is 9.75 Å². The van der Waals surface area contributed by atoms with Crippen LogP contribution in [0.4, 0.5) is 0 Å². The molecule has 178 valence electrons. The first-order valence-electron chi connectivity index (χ1n) is 12.0. The minimum Gasteiger partial charge on any atom is -0.289 e. The van der Waals surface area contributed by atoms with E-state index < -0.39 is 0 Å². The molecule has 0 unspecified atom stereocenters. The fourth-order valence-electron chi connectivity index (χ4n) is 3.91. The van der Waals surface area contributed by atoms with Crippen molar-refractivity contribution in [2.45, 2.75) is 0 Å². The van der Waals surface area contributed by atoms with Crippen molar-refractivity contribution in [1.29, 1.82) is 0 Å². The highest BCUT2D eigenvalue weighted by molar-refractivity contribution is 7.18. The zero-order valence-electron chi connectivity index (χ0n) is 20.1. The lowest BCUT2D eigenvalue weighted by Crippen LogP contribution is -1.92. The highest BCUT2D eigenvalue weighted by atomic mass is 32.1. The van der Waals surface area contributed by atoms with Gasteiger partial charge in [0, 0.05) is 20.9 Å². The van der Waals surface area contributed by atoms with Gasteiger partial charge in [-0.2, -0.15) is 0 Å². The second-order valence-electron chi connectivity index (χ2n) is 8.54. The minimum absolute atomic E-state index is 0.00289. The average molecular weight is 497 g/mol. The Bertz CT molecular complexity index is 1440. The number of ketones is 2. The van der Waals surface area contributed by atoms with Crippen LogP contribution in [0.2, 0.25) is 0 Å². The maximum atomic E-state index is 12.3. The molecule has 5 rings (SSSR count). The van der Waals surface area contributed by atoms with E-state index in [0.717, 1.165) is 22.3 Å². The SMILES string of the molecule is O=C(/C=C/c1ccc(-c2ccc(-c3ccc(/C=C/C(=O)c4ccccc4)cc3)s2)cc1)c1ccccc1. The lowest BCUT2D eigenvalue weighted by Gasteiger charge is -2.01. The molecule has 0 saturated carbocycles. The number of thiophene rings is 1. The molecule has 0 spiro atoms. The Morgan fingerprint density at radius 1 is 0.459 bits per heavy atom. The Morgan fingerprint density at radius 3 is 1.22 bits per heavy atom. The standard InChI is InChI=1S/C34H24O2S/c35-31(27-7-3-1-4-8-27)21-15-25-11-17-29(18-12-25)33-23-24-34(37-33)30-19-13-26(14-20-30)16-22-32(36)28-9-5-2-6-10-28/h1-24H/b21-15+,22-16+. The summed E-state index contributed by atoms with van der Waals surface area (Å²) >= 11 is 1.74. The summed E-state index contributed by atoms with van der Waals surface area (Å²) in [7, 11) is 0. The topological polar surface area (TPSA) is 34.1 Å². The van der Waals surface area contributed by atoms with Crippen molar-refractivity contribution in [3.63, 3.8) is 0 Å². The molecule has 3 heteroatoms. The molecular weight excluding hydrogens is 472 g/mol. The first-order valence-corrected chi connectivity index (χ1v) is 12.8. The van der Waals surface area contributed by atoms with Crippen LogP contribution in [-0.4, -0.2) is 11.6 Å². The van der Waals surface area contributed by atoms with Crippen LogP contribution in [0.15, 0.2) is 133 Å². The molecule has 0 saturated heterocycles. The maximum Gasteiger partial charge on any atom is 0.185 e. The van der Waals surface area contributed by atoms with Crippen molar-refractivity contribution in [3.05, 3.63) is 156 Å². The summed E-state index contributed by atoms with van der Waals surface area (Å²) in [6, 6.07) is 39.3. The van der Waals surface area contributed by atoms with Crippen LogP contribution in [-0.2, 0) is 0 Å². The largest absolute Gasteiger partial charge is 0.289 e. The van der Waals surface area contributed by atoms with E-state index in [0.29, 0.717) is 11.1 Å². The third-order valence-corrected chi connectivity index (χ3v) is 7.15. The van der Waals surface area contributed by atoms with Crippen molar-refractivity contribution in [1.82, 2.24) is 0 Å². The number of carbonyl (C=O) groups excluding carboxylic acids is 2. The van der Waals surface area contributed by atoms with Gasteiger partial charge in [0.2, 0.25) is 0 Å². The van der Waals surface area contributed by atoms with Crippen LogP contribution in [0.5, 0.6) is 0 Å². The van der Waals surface area contributed by atoms with Crippen LogP contribution in [0, 0.1) is 0 Å². The van der Waals surface area contributed by atoms with Crippen molar-refractivity contribution in [2.75, 3.05) is 0 Å². The van der Waals surface area contributed by atoms with E-state index in [9.17, 15) is 9.59 Å². The van der Waals surface area contributed by atoms with Gasteiger partial charge >= 0.3 is 0 Å². The fraction of sp³-hybridized carbons (Fsp3) is 0. The van der Waals surface area contributed by atoms with Crippen molar-refractivity contribution in [3.8, 4) is 20.9 Å². The lowest BCUT2D eigenvalue weighted by atomic mass is 10.1. The van der Waals surface area contributed by atoms with Gasteiger partial charge < -0.3 is 0 Å². The highest BCUT2D eigenvalue weighted by Crippen LogP contribution is 2.34. The molecule has 0 N–H and O–H groups in total. The van der Waals surface area contributed by atoms with E-state index >= 15 is 0 Å². The lowest BCUT2D eigenvalue weighted by molar-refractivity contribution is 0.103. The second kappa shape index (κ2) is 11.4. The van der Waals surface area contributed by atoms with E-state index in [1.54, 1.807) is 23.5 Å². The van der Waals surface area contributed by atoms with Crippen LogP contribution in [0.1, 0.15) is 31.8 Å². The van der Waals surface area contributed by atoms with Gasteiger partial charge in [-0.05, 0) is 46.5 Å². The summed E-state index contributed by atoms with van der Waals surface area (Å²) in [5.41, 5.74) is 5.62. The smallest absolute Gasteiger partial charge is 0.185 e. The van der Waals surface area contributed by atoms with Crippen LogP contribution in [0.25, 0.3) is 33.0 Å². The Morgan fingerprint density at radius 2 is 0.838 bits per heavy atom. The summed E-state index contributed by atoms with van der Waals surface area (Å²) in [5, 5.41) is 0. The summed E-state index contributed by atoms with van der Waals surface area (Å²) in [4.78, 5) is 26.9. The molecular formula is C34H24O2S. The van der Waals surface area contributed by atoms with Gasteiger partial charge in [0.1, 0.15) is 0 Å². The fourth-order valence-corrected chi connectivity index (χ4v) is 4.92. The molecule has 0 aliphatic rings. The van der Waals surface area contributed by atoms with E-state index in [-0.39, 0.29) is 11.6 Å². The number of rotatable bonds is 8. The first-order chi connectivity index (χ1) is 18.2. The maximum absolute atomic E-state index is 12.3. The van der Waals surface area contributed by atoms with E-state index in [2.05, 4.69) is 36.4 Å². The van der Waals surface area contributed by atoms with Crippen molar-refractivity contribution < 1.29 is 9.59 Å². The van der Waals surface area contributed by atoms with Crippen LogP contribution < -0.4 is 0 Å². The normalized spacial score (nSPS) is 11.2. The summed E-state index contributed by atoms with van der Waals surface area (Å²) < 4.78 is 0. The quantitative estimate of drug-likeness (QED) is 0.159. The summed E-state index contributed by atoms with van der Waals surface area (Å²) in [5.74, 6) is -0.00578. The third-order valence-electron chi connectivity index (χ3n) is 5.97. The van der Waals surface area contributed by atoms with Crippen LogP contribution in [0.3, 0.4) is 0 Å². The molecule has 0 radical (unpaired) electrons. The summed E-state index contributed by atoms with van der Waals surface area (Å²) in [6.07, 6.45) is 6.93. The molecule has 37 heavy (non-hydrogen) atoms. The second-order valence-corrected chi connectivity index (χ2v) is 9.62. The highest BCUT2D eigenvalue weighted by Gasteiger charge is 2.06. The minimum atomic E-state index is -0.00289. The van der Waals surface area contributed by atoms with E-state index in [1.807, 2.05) is 97.1 Å². The average Bonchev–Trinajstić information content (AvgIpc) is 3.46. The molecule has 0 bridgehead atoms. The summed E-state index contributed by atoms with van der Waals surface area (Å²) in [6.45, 7) is 0. The van der Waals surface area contributed by atoms with Gasteiger partial charge in [0.25, 0.3) is 0 Å². The van der Waals surface area contributed by atoms with Gasteiger partial charge in [0.05, 0.1) is 0 Å². The Labute approximate surface area is 220 Å². The van der Waals surface area contributed by atoms with Gasteiger partial charge in [-0.1, -0.05) is 121 Å². The number of allylic oxidation sites excluding steroid dienone is 2. The monoisotopic (exact) mass is 496 g/mol. The van der Waals surface area contributed by atoms with Crippen LogP contribution >= 0.6 is 11.3 Å². The molecule has 0 aliphatic heterocycles. The van der Waals surface area contributed by atoms with Gasteiger partial charge in [-0.25, -0.2) is 0 Å². The first kappa shape index (κ1) is 24.1. The Balaban J connectivity index is 1.23. The molecule has 5 aromatic rings. The molecule has 0 atom stereocenters. The molecule has 1 heterocycles. The van der Waals surface area contributed by atoms with Crippen molar-refractivity contribution in [2.24, 2.45) is 0 Å². The molecule has 0 amide bonds. The molecule has 2 nitrogen and oxygen atoms in total. The number of hydrogen-bond acceptors (Lipinski definition) is 3. The zero-order valence-corrected chi connectivity index (χ0v) is 20.9. The molecule has 1 aromatic heterocycles. The number of carbonyl (C=O) groups is 2. The zero-order chi connectivity index (χ0) is 25.5. The van der Waals surface area contributed by atoms with Gasteiger partial charge in [-0.3, -0.25) is 9.59 Å². The Kier molecular flexibility index (Phi) is 7.44. The number of benzene rings is 4. The molecule has 0 aliphatic carbocycles. The Hall–Kier alpha value is -4.60. The van der Waals surface area contributed by atoms with Gasteiger partial charge in [0.15, 0.2) is 11.6 Å². The van der Waals surface area contributed by atoms with Gasteiger partial charge in [-0.15, -0.1) is 11.3 Å². The number of hydrogen-bond donors (Lipinski definition) is 0. The predicted molar refractivity (Wildman–Crippen MR) is 155 cm³/mol.